The number of hydrogen-bond donors (Lipinski definition) is 1. The number of nitrogens with zero attached hydrogens (tertiary/aromatic N) is 2. The van der Waals surface area contributed by atoms with Gasteiger partial charge in [-0.25, -0.2) is 13.6 Å². The first-order chi connectivity index (χ1) is 12.2. The third kappa shape index (κ3) is 3.15. The van der Waals surface area contributed by atoms with E-state index in [1.165, 1.54) is 13.0 Å². The zero-order valence-corrected chi connectivity index (χ0v) is 14.7. The number of halogens is 2. The van der Waals surface area contributed by atoms with Gasteiger partial charge in [-0.1, -0.05) is 13.0 Å². The van der Waals surface area contributed by atoms with E-state index in [0.29, 0.717) is 19.0 Å². The number of likely N-dealkylation sites (tertiary alicyclic amines) is 1. The second-order valence-electron chi connectivity index (χ2n) is 7.14. The van der Waals surface area contributed by atoms with Gasteiger partial charge in [0.05, 0.1) is 0 Å². The summed E-state index contributed by atoms with van der Waals surface area (Å²) in [7, 11) is 0. The van der Waals surface area contributed by atoms with Crippen LogP contribution in [0.15, 0.2) is 18.2 Å². The first kappa shape index (κ1) is 18.3. The highest BCUT2D eigenvalue weighted by Gasteiger charge is 2.50. The lowest BCUT2D eigenvalue weighted by Gasteiger charge is -2.31. The summed E-state index contributed by atoms with van der Waals surface area (Å²) < 4.78 is 26.7. The van der Waals surface area contributed by atoms with E-state index in [4.69, 9.17) is 0 Å². The maximum atomic E-state index is 13.5. The Morgan fingerprint density at radius 3 is 2.50 bits per heavy atom. The predicted octanol–water partition coefficient (Wildman–Crippen LogP) is 1.99. The van der Waals surface area contributed by atoms with Crippen LogP contribution in [0.2, 0.25) is 0 Å². The molecule has 1 N–H and O–H groups in total. The van der Waals surface area contributed by atoms with E-state index in [0.717, 1.165) is 29.9 Å². The van der Waals surface area contributed by atoms with Crippen LogP contribution in [-0.2, 0) is 15.1 Å². The summed E-state index contributed by atoms with van der Waals surface area (Å²) >= 11 is 0. The average molecular weight is 365 g/mol. The molecule has 6 nitrogen and oxygen atoms in total. The molecular weight excluding hydrogens is 344 g/mol. The Hall–Kier alpha value is -2.51. The number of rotatable bonds is 3. The number of piperidine rings is 1. The summed E-state index contributed by atoms with van der Waals surface area (Å²) in [6.07, 6.45) is 1.77. The van der Waals surface area contributed by atoms with E-state index < -0.39 is 29.1 Å². The van der Waals surface area contributed by atoms with Crippen LogP contribution in [0.25, 0.3) is 0 Å². The van der Waals surface area contributed by atoms with Crippen molar-refractivity contribution in [3.63, 3.8) is 0 Å². The zero-order valence-electron chi connectivity index (χ0n) is 14.7. The molecule has 2 aliphatic rings. The summed E-state index contributed by atoms with van der Waals surface area (Å²) in [4.78, 5) is 39.9. The van der Waals surface area contributed by atoms with Gasteiger partial charge in [-0.2, -0.15) is 0 Å². The molecule has 2 aliphatic heterocycles. The van der Waals surface area contributed by atoms with Crippen molar-refractivity contribution in [3.8, 4) is 0 Å². The van der Waals surface area contributed by atoms with Gasteiger partial charge in [0.25, 0.3) is 5.91 Å². The second kappa shape index (κ2) is 6.66. The van der Waals surface area contributed by atoms with Gasteiger partial charge < -0.3 is 10.2 Å². The van der Waals surface area contributed by atoms with Crippen molar-refractivity contribution < 1.29 is 23.2 Å². The molecule has 26 heavy (non-hydrogen) atoms. The lowest BCUT2D eigenvalue weighted by Crippen LogP contribution is -2.46. The second-order valence-corrected chi connectivity index (χ2v) is 7.14. The van der Waals surface area contributed by atoms with Gasteiger partial charge in [-0.05, 0) is 43.4 Å². The molecule has 140 valence electrons. The van der Waals surface area contributed by atoms with Crippen LogP contribution in [0.5, 0.6) is 0 Å². The molecular formula is C18H21F2N3O3. The van der Waals surface area contributed by atoms with Gasteiger partial charge in [0, 0.05) is 13.1 Å². The molecule has 0 aromatic heterocycles. The van der Waals surface area contributed by atoms with Crippen molar-refractivity contribution in [2.45, 2.75) is 32.2 Å². The van der Waals surface area contributed by atoms with E-state index in [1.54, 1.807) is 4.90 Å². The van der Waals surface area contributed by atoms with Gasteiger partial charge in [0.15, 0.2) is 11.6 Å². The molecule has 0 spiro atoms. The van der Waals surface area contributed by atoms with Crippen molar-refractivity contribution in [2.24, 2.45) is 5.92 Å². The van der Waals surface area contributed by atoms with E-state index in [-0.39, 0.29) is 18.0 Å². The first-order valence-corrected chi connectivity index (χ1v) is 8.60. The van der Waals surface area contributed by atoms with Crippen LogP contribution in [0.3, 0.4) is 0 Å². The van der Waals surface area contributed by atoms with Crippen LogP contribution in [0, 0.1) is 17.6 Å². The molecule has 2 heterocycles. The van der Waals surface area contributed by atoms with Crippen molar-refractivity contribution in [2.75, 3.05) is 19.6 Å². The molecule has 8 heteroatoms. The molecule has 0 bridgehead atoms. The Morgan fingerprint density at radius 2 is 1.88 bits per heavy atom. The lowest BCUT2D eigenvalue weighted by atomic mass is 9.92. The fourth-order valence-electron chi connectivity index (χ4n) is 3.34. The van der Waals surface area contributed by atoms with Gasteiger partial charge in [0.2, 0.25) is 5.91 Å². The Labute approximate surface area is 150 Å². The molecule has 1 aromatic rings. The summed E-state index contributed by atoms with van der Waals surface area (Å²) in [5, 5.41) is 2.49. The minimum Gasteiger partial charge on any atom is -0.341 e. The number of carbonyl (C=O) groups excluding carboxylic acids is 3. The smallest absolute Gasteiger partial charge is 0.325 e. The van der Waals surface area contributed by atoms with E-state index in [9.17, 15) is 23.2 Å². The number of amides is 4. The summed E-state index contributed by atoms with van der Waals surface area (Å²) in [5.41, 5.74) is -1.42. The van der Waals surface area contributed by atoms with Crippen LogP contribution >= 0.6 is 0 Å². The molecule has 1 atom stereocenters. The van der Waals surface area contributed by atoms with Crippen LogP contribution in [0.4, 0.5) is 13.6 Å². The van der Waals surface area contributed by atoms with Crippen LogP contribution in [0.1, 0.15) is 32.3 Å². The highest BCUT2D eigenvalue weighted by atomic mass is 19.2. The third-order valence-corrected chi connectivity index (χ3v) is 5.20. The Morgan fingerprint density at radius 1 is 1.23 bits per heavy atom. The highest BCUT2D eigenvalue weighted by molar-refractivity contribution is 6.09. The monoisotopic (exact) mass is 365 g/mol. The minimum absolute atomic E-state index is 0.122. The number of urea groups is 1. The molecule has 2 fully saturated rings. The molecule has 0 radical (unpaired) electrons. The normalized spacial score (nSPS) is 24.2. The van der Waals surface area contributed by atoms with E-state index >= 15 is 0 Å². The first-order valence-electron chi connectivity index (χ1n) is 8.60. The van der Waals surface area contributed by atoms with Crippen molar-refractivity contribution >= 4 is 17.8 Å². The minimum atomic E-state index is -1.54. The molecule has 1 aromatic carbocycles. The number of imide groups is 1. The standard InChI is InChI=1S/C18H21F2N3O3/c1-11-5-7-22(8-6-11)15(24)10-23-16(25)18(2,21-17(23)26)12-3-4-13(19)14(20)9-12/h3-4,9,11H,5-8,10H2,1-2H3,(H,21,26)/t18-/m1/s1. The van der Waals surface area contributed by atoms with E-state index in [1.807, 2.05) is 0 Å². The quantitative estimate of drug-likeness (QED) is 0.833. The van der Waals surface area contributed by atoms with Crippen LogP contribution in [-0.4, -0.2) is 47.3 Å². The SMILES string of the molecule is CC1CCN(C(=O)CN2C(=O)N[C@](C)(c3ccc(F)c(F)c3)C2=O)CC1. The topological polar surface area (TPSA) is 69.7 Å². The molecule has 2 saturated heterocycles. The molecule has 0 aliphatic carbocycles. The van der Waals surface area contributed by atoms with Crippen molar-refractivity contribution in [3.05, 3.63) is 35.4 Å². The van der Waals surface area contributed by atoms with Crippen molar-refractivity contribution in [1.82, 2.24) is 15.1 Å². The molecule has 3 rings (SSSR count). The van der Waals surface area contributed by atoms with Crippen LogP contribution < -0.4 is 5.32 Å². The van der Waals surface area contributed by atoms with Crippen molar-refractivity contribution in [1.29, 1.82) is 0 Å². The number of carbonyl (C=O) groups is 3. The maximum absolute atomic E-state index is 13.5. The fraction of sp³-hybridized carbons (Fsp3) is 0.500. The highest BCUT2D eigenvalue weighted by Crippen LogP contribution is 2.30. The fourth-order valence-corrected chi connectivity index (χ4v) is 3.34. The summed E-state index contributed by atoms with van der Waals surface area (Å²) in [6, 6.07) is 2.30. The Kier molecular flexibility index (Phi) is 4.68. The lowest BCUT2D eigenvalue weighted by molar-refractivity contribution is -0.139. The number of nitrogens with one attached hydrogen (secondary N) is 1. The number of benzene rings is 1. The molecule has 0 saturated carbocycles. The molecule has 0 unspecified atom stereocenters. The largest absolute Gasteiger partial charge is 0.341 e. The zero-order chi connectivity index (χ0) is 19.1. The third-order valence-electron chi connectivity index (χ3n) is 5.20. The summed E-state index contributed by atoms with van der Waals surface area (Å²) in [6.45, 7) is 4.37. The number of hydrogen-bond acceptors (Lipinski definition) is 3. The average Bonchev–Trinajstić information content (AvgIpc) is 2.82. The Balaban J connectivity index is 1.76. The summed E-state index contributed by atoms with van der Waals surface area (Å²) in [5.74, 6) is -2.56. The van der Waals surface area contributed by atoms with Gasteiger partial charge in [-0.15, -0.1) is 0 Å². The van der Waals surface area contributed by atoms with Gasteiger partial charge in [0.1, 0.15) is 12.1 Å². The molecule has 4 amide bonds. The van der Waals surface area contributed by atoms with E-state index in [2.05, 4.69) is 12.2 Å². The predicted molar refractivity (Wildman–Crippen MR) is 88.9 cm³/mol. The van der Waals surface area contributed by atoms with Gasteiger partial charge in [-0.3, -0.25) is 14.5 Å². The Bertz CT molecular complexity index is 762. The van der Waals surface area contributed by atoms with Gasteiger partial charge >= 0.3 is 6.03 Å². The maximum Gasteiger partial charge on any atom is 0.325 e.